The molecular formula is BCuGeO4Si+3. The Morgan fingerprint density at radius 1 is 0.875 bits per heavy atom. The largest absolute Gasteiger partial charge is 3.00 e. The van der Waals surface area contributed by atoms with Crippen LogP contribution in [0.5, 0.6) is 0 Å². The SMILES string of the molecule is [B+3].[Cu+2].[Ge+2].[O-][Si]([O-])([O-])[O-]. The molecule has 0 aliphatic heterocycles. The van der Waals surface area contributed by atoms with Crippen molar-refractivity contribution in [2.45, 2.75) is 0 Å². The van der Waals surface area contributed by atoms with Crippen LogP contribution in [0.3, 0.4) is 0 Å². The van der Waals surface area contributed by atoms with E-state index in [9.17, 15) is 0 Å². The second kappa shape index (κ2) is 8.18. The minimum atomic E-state index is -5.61. The summed E-state index contributed by atoms with van der Waals surface area (Å²) in [6, 6.07) is 0. The number of hydrogen-bond donors (Lipinski definition) is 0. The van der Waals surface area contributed by atoms with Crippen LogP contribution in [0.1, 0.15) is 0 Å². The van der Waals surface area contributed by atoms with Gasteiger partial charge >= 0.3 is 43.1 Å². The van der Waals surface area contributed by atoms with Crippen LogP contribution >= 0.6 is 0 Å². The maximum Gasteiger partial charge on any atom is 3.00 e. The maximum absolute atomic E-state index is 8.58. The Hall–Kier alpha value is 1.18. The summed E-state index contributed by atoms with van der Waals surface area (Å²) < 4.78 is 0. The number of hydrogen-bond acceptors (Lipinski definition) is 4. The van der Waals surface area contributed by atoms with Gasteiger partial charge in [0.05, 0.1) is 0 Å². The molecule has 0 aromatic rings. The Morgan fingerprint density at radius 2 is 0.875 bits per heavy atom. The molecule has 0 saturated heterocycles. The molecule has 0 aromatic heterocycles. The first-order chi connectivity index (χ1) is 2.00. The summed E-state index contributed by atoms with van der Waals surface area (Å²) in [5, 5.41) is 0. The molecule has 0 N–H and O–H groups in total. The average Bonchev–Trinajstić information content (AvgIpc) is 0.722. The second-order valence-electron chi connectivity index (χ2n) is 0.500. The second-order valence-corrected chi connectivity index (χ2v) is 1.50. The minimum absolute atomic E-state index is 0. The molecule has 4 nitrogen and oxygen atoms in total. The predicted octanol–water partition coefficient (Wildman–Crippen LogP) is -5.90. The minimum Gasteiger partial charge on any atom is -0.894 e. The molecule has 0 rings (SSSR count). The first-order valence-electron chi connectivity index (χ1n) is 0.816. The maximum atomic E-state index is 8.58. The molecule has 0 amide bonds. The quantitative estimate of drug-likeness (QED) is 0.393. The van der Waals surface area contributed by atoms with Crippen LogP contribution in [-0.2, 0) is 17.1 Å². The summed E-state index contributed by atoms with van der Waals surface area (Å²) in [4.78, 5) is 34.3. The molecule has 8 heteroatoms. The fourth-order valence-electron chi connectivity index (χ4n) is 0. The van der Waals surface area contributed by atoms with Gasteiger partial charge in [-0.25, -0.2) is 0 Å². The zero-order valence-electron chi connectivity index (χ0n) is 3.51. The van der Waals surface area contributed by atoms with E-state index in [1.807, 2.05) is 0 Å². The first kappa shape index (κ1) is 22.9. The summed E-state index contributed by atoms with van der Waals surface area (Å²) in [5.74, 6) is 0. The molecule has 0 atom stereocenters. The van der Waals surface area contributed by atoms with Crippen molar-refractivity contribution in [3.05, 3.63) is 0 Å². The van der Waals surface area contributed by atoms with E-state index < -0.39 is 9.05 Å². The molecule has 3 radical (unpaired) electrons. The molecule has 0 spiro atoms. The van der Waals surface area contributed by atoms with Gasteiger partial charge in [-0.05, 0) is 0 Å². The van der Waals surface area contributed by atoms with Crippen molar-refractivity contribution < 1.29 is 36.3 Å². The van der Waals surface area contributed by atoms with Crippen molar-refractivity contribution in [1.29, 1.82) is 0 Å². The molecule has 43 valence electrons. The molecule has 0 saturated carbocycles. The third kappa shape index (κ3) is 196. The van der Waals surface area contributed by atoms with Crippen molar-refractivity contribution in [2.75, 3.05) is 0 Å². The van der Waals surface area contributed by atoms with Gasteiger partial charge in [-0.2, -0.15) is 0 Å². The number of rotatable bonds is 0. The molecule has 0 heterocycles. The van der Waals surface area contributed by atoms with Gasteiger partial charge in [-0.1, -0.05) is 0 Å². The van der Waals surface area contributed by atoms with Crippen LogP contribution in [0.2, 0.25) is 0 Å². The normalized spacial score (nSPS) is 7.50. The van der Waals surface area contributed by atoms with E-state index in [2.05, 4.69) is 0 Å². The third-order valence-electron chi connectivity index (χ3n) is 0. The molecule has 0 aromatic carbocycles. The fourth-order valence-corrected chi connectivity index (χ4v) is 0. The van der Waals surface area contributed by atoms with E-state index in [1.165, 1.54) is 0 Å². The standard InChI is InChI=1S/B.Cu.Ge.O4Si/c;;;1-5(2,3)4/q+3;2*+2;-4. The fraction of sp³-hybridized carbons (Fsp3) is 0. The molecular weight excluding hydrogens is 239 g/mol. The Labute approximate surface area is 71.4 Å². The molecule has 0 unspecified atom stereocenters. The van der Waals surface area contributed by atoms with Gasteiger partial charge < -0.3 is 28.2 Å². The molecule has 0 fully saturated rings. The predicted molar refractivity (Wildman–Crippen MR) is 17.3 cm³/mol. The topological polar surface area (TPSA) is 92.2 Å². The smallest absolute Gasteiger partial charge is 0.894 e. The van der Waals surface area contributed by atoms with Gasteiger partial charge in [0.15, 0.2) is 0 Å². The van der Waals surface area contributed by atoms with Gasteiger partial charge in [0.25, 0.3) is 0 Å². The Kier molecular flexibility index (Phi) is 23.4. The van der Waals surface area contributed by atoms with Crippen molar-refractivity contribution in [3.63, 3.8) is 0 Å². The van der Waals surface area contributed by atoms with E-state index in [0.717, 1.165) is 0 Å². The van der Waals surface area contributed by atoms with Gasteiger partial charge in [-0.15, -0.1) is 0 Å². The van der Waals surface area contributed by atoms with Crippen LogP contribution in [0, 0.1) is 0 Å². The first-order valence-corrected chi connectivity index (χ1v) is 2.45. The van der Waals surface area contributed by atoms with Gasteiger partial charge in [0, 0.05) is 0 Å². The van der Waals surface area contributed by atoms with E-state index in [0.29, 0.717) is 0 Å². The van der Waals surface area contributed by atoms with Crippen LogP contribution in [0.4, 0.5) is 0 Å². The summed E-state index contributed by atoms with van der Waals surface area (Å²) in [6.07, 6.45) is 0. The summed E-state index contributed by atoms with van der Waals surface area (Å²) in [7, 11) is -5.61. The van der Waals surface area contributed by atoms with Crippen molar-refractivity contribution in [1.82, 2.24) is 0 Å². The Morgan fingerprint density at radius 3 is 0.875 bits per heavy atom. The summed E-state index contributed by atoms with van der Waals surface area (Å²) in [5.41, 5.74) is 0. The van der Waals surface area contributed by atoms with Crippen LogP contribution in [-0.4, -0.2) is 35.1 Å². The van der Waals surface area contributed by atoms with E-state index in [-0.39, 0.29) is 43.1 Å². The van der Waals surface area contributed by atoms with E-state index in [4.69, 9.17) is 19.2 Å². The van der Waals surface area contributed by atoms with Crippen LogP contribution < -0.4 is 19.2 Å². The zero-order chi connectivity index (χ0) is 4.50. The van der Waals surface area contributed by atoms with Crippen molar-refractivity contribution in [2.24, 2.45) is 0 Å². The average molecular weight is 239 g/mol. The van der Waals surface area contributed by atoms with Gasteiger partial charge in [0.2, 0.25) is 0 Å². The third-order valence-corrected chi connectivity index (χ3v) is 0. The monoisotopic (exact) mass is 240 g/mol. The van der Waals surface area contributed by atoms with Crippen molar-refractivity contribution >= 4 is 35.1 Å². The Balaban J connectivity index is -0.0000000267. The molecule has 0 bridgehead atoms. The summed E-state index contributed by atoms with van der Waals surface area (Å²) >= 11 is 0. The Bertz CT molecular complexity index is 31.5. The van der Waals surface area contributed by atoms with Gasteiger partial charge in [-0.3, -0.25) is 0 Å². The molecule has 0 aliphatic carbocycles. The van der Waals surface area contributed by atoms with Crippen LogP contribution in [0.15, 0.2) is 0 Å². The summed E-state index contributed by atoms with van der Waals surface area (Å²) in [6.45, 7) is 0. The van der Waals surface area contributed by atoms with Crippen LogP contribution in [0.25, 0.3) is 0 Å². The molecule has 0 aliphatic rings. The zero-order valence-corrected chi connectivity index (χ0v) is 7.55. The van der Waals surface area contributed by atoms with Crippen molar-refractivity contribution in [3.8, 4) is 0 Å². The van der Waals surface area contributed by atoms with E-state index in [1.54, 1.807) is 0 Å². The van der Waals surface area contributed by atoms with Gasteiger partial charge in [0.1, 0.15) is 0 Å². The molecule has 8 heavy (non-hydrogen) atoms. The van der Waals surface area contributed by atoms with E-state index >= 15 is 0 Å².